The molecule has 1 aliphatic heterocycles. The smallest absolute Gasteiger partial charge is 0.254 e. The molecule has 3 amide bonds. The SMILES string of the molecule is CC(c1ccc(-n2cnc3ccccc32)cc1)N(C)C(=O)C[C@@H]1NC(=O)c2ccccc2NC1=O. The minimum atomic E-state index is -0.950. The number of hydrogen-bond acceptors (Lipinski definition) is 4. The average molecular weight is 468 g/mol. The van der Waals surface area contributed by atoms with E-state index >= 15 is 0 Å². The number of benzene rings is 3. The Morgan fingerprint density at radius 2 is 1.74 bits per heavy atom. The monoisotopic (exact) mass is 467 g/mol. The van der Waals surface area contributed by atoms with Crippen molar-refractivity contribution in [2.75, 3.05) is 12.4 Å². The molecule has 5 rings (SSSR count). The molecule has 1 aliphatic rings. The number of fused-ring (bicyclic) bond motifs is 2. The Morgan fingerprint density at radius 3 is 2.54 bits per heavy atom. The Balaban J connectivity index is 1.28. The van der Waals surface area contributed by atoms with Crippen LogP contribution in [0, 0.1) is 0 Å². The van der Waals surface area contributed by atoms with Crippen LogP contribution in [0.25, 0.3) is 16.7 Å². The first kappa shape index (κ1) is 22.3. The molecule has 8 heteroatoms. The van der Waals surface area contributed by atoms with Crippen molar-refractivity contribution in [1.82, 2.24) is 19.8 Å². The van der Waals surface area contributed by atoms with E-state index in [1.165, 1.54) is 0 Å². The molecule has 1 aromatic heterocycles. The van der Waals surface area contributed by atoms with E-state index in [-0.39, 0.29) is 24.3 Å². The molecule has 0 bridgehead atoms. The van der Waals surface area contributed by atoms with E-state index in [2.05, 4.69) is 15.6 Å². The lowest BCUT2D eigenvalue weighted by Crippen LogP contribution is -2.45. The zero-order valence-corrected chi connectivity index (χ0v) is 19.4. The largest absolute Gasteiger partial charge is 0.340 e. The highest BCUT2D eigenvalue weighted by molar-refractivity contribution is 6.10. The second kappa shape index (κ2) is 9.06. The summed E-state index contributed by atoms with van der Waals surface area (Å²) in [4.78, 5) is 44.3. The number of para-hydroxylation sites is 3. The summed E-state index contributed by atoms with van der Waals surface area (Å²) in [5, 5.41) is 5.42. The lowest BCUT2D eigenvalue weighted by molar-refractivity contribution is -0.134. The van der Waals surface area contributed by atoms with Crippen LogP contribution in [0.3, 0.4) is 0 Å². The molecule has 2 heterocycles. The quantitative estimate of drug-likeness (QED) is 0.468. The van der Waals surface area contributed by atoms with Crippen LogP contribution in [-0.4, -0.2) is 45.3 Å². The van der Waals surface area contributed by atoms with Gasteiger partial charge in [-0.05, 0) is 48.9 Å². The van der Waals surface area contributed by atoms with Gasteiger partial charge in [0, 0.05) is 12.7 Å². The number of rotatable bonds is 5. The third kappa shape index (κ3) is 4.26. The molecule has 1 unspecified atom stereocenters. The molecule has 176 valence electrons. The fraction of sp³-hybridized carbons (Fsp3) is 0.185. The number of anilines is 1. The number of carbonyl (C=O) groups is 3. The van der Waals surface area contributed by atoms with Crippen LogP contribution in [0.4, 0.5) is 5.69 Å². The van der Waals surface area contributed by atoms with Gasteiger partial charge >= 0.3 is 0 Å². The Kier molecular flexibility index (Phi) is 5.78. The van der Waals surface area contributed by atoms with Crippen molar-refractivity contribution in [3.8, 4) is 5.69 Å². The van der Waals surface area contributed by atoms with Gasteiger partial charge in [-0.15, -0.1) is 0 Å². The van der Waals surface area contributed by atoms with E-state index in [0.717, 1.165) is 22.3 Å². The van der Waals surface area contributed by atoms with Gasteiger partial charge in [-0.1, -0.05) is 36.4 Å². The lowest BCUT2D eigenvalue weighted by atomic mass is 10.1. The van der Waals surface area contributed by atoms with E-state index < -0.39 is 11.9 Å². The first-order valence-corrected chi connectivity index (χ1v) is 11.4. The minimum Gasteiger partial charge on any atom is -0.340 e. The summed E-state index contributed by atoms with van der Waals surface area (Å²) in [5.74, 6) is -1.03. The number of aromatic nitrogens is 2. The highest BCUT2D eigenvalue weighted by Gasteiger charge is 2.31. The van der Waals surface area contributed by atoms with E-state index in [0.29, 0.717) is 11.3 Å². The second-order valence-electron chi connectivity index (χ2n) is 8.64. The van der Waals surface area contributed by atoms with Gasteiger partial charge < -0.3 is 15.5 Å². The molecule has 8 nitrogen and oxygen atoms in total. The van der Waals surface area contributed by atoms with Crippen molar-refractivity contribution in [2.24, 2.45) is 0 Å². The maximum atomic E-state index is 13.0. The molecule has 2 atom stereocenters. The van der Waals surface area contributed by atoms with Crippen LogP contribution in [0.2, 0.25) is 0 Å². The molecule has 3 aromatic carbocycles. The summed E-state index contributed by atoms with van der Waals surface area (Å²) in [5.41, 5.74) is 4.69. The summed E-state index contributed by atoms with van der Waals surface area (Å²) < 4.78 is 2.02. The maximum absolute atomic E-state index is 13.0. The molecule has 0 spiro atoms. The standard InChI is InChI=1S/C27H25N5O3/c1-17(18-11-13-19(14-12-18)32-16-28-22-9-5-6-10-24(22)32)31(2)25(33)15-23-27(35)29-21-8-4-3-7-20(21)26(34)30-23/h3-14,16-17,23H,15H2,1-2H3,(H,29,35)(H,30,34)/t17?,23-/m0/s1. The molecular weight excluding hydrogens is 442 g/mol. The van der Waals surface area contributed by atoms with Crippen LogP contribution in [-0.2, 0) is 9.59 Å². The summed E-state index contributed by atoms with van der Waals surface area (Å²) in [7, 11) is 1.70. The van der Waals surface area contributed by atoms with E-state index in [1.807, 2.05) is 60.0 Å². The van der Waals surface area contributed by atoms with Gasteiger partial charge in [0.05, 0.1) is 34.7 Å². The number of carbonyl (C=O) groups excluding carboxylic acids is 3. The third-order valence-electron chi connectivity index (χ3n) is 6.51. The lowest BCUT2D eigenvalue weighted by Gasteiger charge is -2.27. The number of imidazole rings is 1. The third-order valence-corrected chi connectivity index (χ3v) is 6.51. The minimum absolute atomic E-state index is 0.133. The first-order valence-electron chi connectivity index (χ1n) is 11.4. The molecule has 2 N–H and O–H groups in total. The molecule has 0 saturated heterocycles. The Labute approximate surface area is 202 Å². The van der Waals surface area contributed by atoms with Gasteiger partial charge in [0.25, 0.3) is 5.91 Å². The van der Waals surface area contributed by atoms with Crippen LogP contribution >= 0.6 is 0 Å². The van der Waals surface area contributed by atoms with Crippen molar-refractivity contribution in [3.05, 3.63) is 90.3 Å². The summed E-state index contributed by atoms with van der Waals surface area (Å²) in [6.45, 7) is 1.93. The zero-order valence-electron chi connectivity index (χ0n) is 19.4. The molecule has 4 aromatic rings. The molecule has 0 radical (unpaired) electrons. The van der Waals surface area contributed by atoms with Gasteiger partial charge in [-0.3, -0.25) is 19.0 Å². The second-order valence-corrected chi connectivity index (χ2v) is 8.64. The molecule has 35 heavy (non-hydrogen) atoms. The van der Waals surface area contributed by atoms with Crippen LogP contribution in [0.5, 0.6) is 0 Å². The van der Waals surface area contributed by atoms with Gasteiger partial charge in [-0.25, -0.2) is 4.98 Å². The van der Waals surface area contributed by atoms with E-state index in [4.69, 9.17) is 0 Å². The topological polar surface area (TPSA) is 96.3 Å². The first-order chi connectivity index (χ1) is 16.9. The molecule has 0 saturated carbocycles. The van der Waals surface area contributed by atoms with Gasteiger partial charge in [-0.2, -0.15) is 0 Å². The van der Waals surface area contributed by atoms with Gasteiger partial charge in [0.1, 0.15) is 12.4 Å². The fourth-order valence-electron chi connectivity index (χ4n) is 4.29. The fourth-order valence-corrected chi connectivity index (χ4v) is 4.29. The predicted molar refractivity (Wildman–Crippen MR) is 133 cm³/mol. The Hall–Kier alpha value is -4.46. The number of hydrogen-bond donors (Lipinski definition) is 2. The van der Waals surface area contributed by atoms with Crippen molar-refractivity contribution in [1.29, 1.82) is 0 Å². The van der Waals surface area contributed by atoms with Crippen LogP contribution in [0.15, 0.2) is 79.1 Å². The van der Waals surface area contributed by atoms with Crippen LogP contribution in [0.1, 0.15) is 35.3 Å². The number of nitrogens with zero attached hydrogens (tertiary/aromatic N) is 3. The van der Waals surface area contributed by atoms with E-state index in [9.17, 15) is 14.4 Å². The summed E-state index contributed by atoms with van der Waals surface area (Å²) >= 11 is 0. The summed E-state index contributed by atoms with van der Waals surface area (Å²) in [6, 6.07) is 21.5. The van der Waals surface area contributed by atoms with Crippen molar-refractivity contribution >= 4 is 34.4 Å². The average Bonchev–Trinajstić information content (AvgIpc) is 3.27. The Bertz CT molecular complexity index is 1430. The van der Waals surface area contributed by atoms with Crippen molar-refractivity contribution < 1.29 is 14.4 Å². The molecular formula is C27H25N5O3. The zero-order chi connectivity index (χ0) is 24.5. The van der Waals surface area contributed by atoms with Gasteiger partial charge in [0.15, 0.2) is 0 Å². The molecule has 0 fully saturated rings. The van der Waals surface area contributed by atoms with E-state index in [1.54, 1.807) is 42.5 Å². The number of amides is 3. The predicted octanol–water partition coefficient (Wildman–Crippen LogP) is 3.69. The van der Waals surface area contributed by atoms with Crippen LogP contribution < -0.4 is 10.6 Å². The van der Waals surface area contributed by atoms with Crippen molar-refractivity contribution in [2.45, 2.75) is 25.4 Å². The van der Waals surface area contributed by atoms with Crippen molar-refractivity contribution in [3.63, 3.8) is 0 Å². The number of nitrogens with one attached hydrogen (secondary N) is 2. The maximum Gasteiger partial charge on any atom is 0.254 e. The highest BCUT2D eigenvalue weighted by Crippen LogP contribution is 2.24. The summed E-state index contributed by atoms with van der Waals surface area (Å²) in [6.07, 6.45) is 1.66. The Morgan fingerprint density at radius 1 is 1.03 bits per heavy atom. The normalized spacial score (nSPS) is 16.1. The van der Waals surface area contributed by atoms with Gasteiger partial charge in [0.2, 0.25) is 11.8 Å². The highest BCUT2D eigenvalue weighted by atomic mass is 16.2. The molecule has 0 aliphatic carbocycles.